The number of allylic oxidation sites excluding steroid dienone is 4. The van der Waals surface area contributed by atoms with Gasteiger partial charge >= 0.3 is 0 Å². The van der Waals surface area contributed by atoms with E-state index in [1.54, 1.807) is 7.11 Å². The molecule has 2 aliphatic carbocycles. The maximum Gasteiger partial charge on any atom is 0.235 e. The van der Waals surface area contributed by atoms with Gasteiger partial charge < -0.3 is 10.1 Å². The quantitative estimate of drug-likeness (QED) is 0.544. The van der Waals surface area contributed by atoms with Crippen molar-refractivity contribution < 1.29 is 14.3 Å². The summed E-state index contributed by atoms with van der Waals surface area (Å²) >= 11 is 0. The Morgan fingerprint density at radius 2 is 1.93 bits per heavy atom. The summed E-state index contributed by atoms with van der Waals surface area (Å²) in [6, 6.07) is 0.0485. The van der Waals surface area contributed by atoms with E-state index in [0.717, 1.165) is 32.1 Å². The summed E-state index contributed by atoms with van der Waals surface area (Å²) in [6.07, 6.45) is 9.61. The van der Waals surface area contributed by atoms with Crippen LogP contribution in [0.4, 0.5) is 0 Å². The second-order valence-electron chi connectivity index (χ2n) is 10.1. The van der Waals surface area contributed by atoms with Gasteiger partial charge in [-0.25, -0.2) is 0 Å². The fourth-order valence-corrected chi connectivity index (χ4v) is 6.05. The molecule has 1 fully saturated rings. The topological polar surface area (TPSA) is 55.4 Å². The molecule has 0 aromatic carbocycles. The lowest BCUT2D eigenvalue weighted by Crippen LogP contribution is -2.53. The zero-order valence-electron chi connectivity index (χ0n) is 19.1. The number of nitrogens with one attached hydrogen (secondary N) is 1. The highest BCUT2D eigenvalue weighted by atomic mass is 16.5. The standard InChI is InChI=1S/C25H39NO3/c1-15(2)11-21-23-18(5)17(4)13-19-12-16(3)9-7-8-10-20(29-6)14-22(27)25(19,23)24(28)26-21/h12-13,15,18-21,23H,7-11,14H2,1-6H3,(H,26,28)/b16-12+/t18-,19-,20-,21-,23+,25+/m0/s1. The van der Waals surface area contributed by atoms with Crippen molar-refractivity contribution >= 4 is 11.7 Å². The smallest absolute Gasteiger partial charge is 0.235 e. The normalized spacial score (nSPS) is 40.3. The Kier molecular flexibility index (Phi) is 6.72. The summed E-state index contributed by atoms with van der Waals surface area (Å²) in [7, 11) is 1.69. The molecule has 0 radical (unpaired) electrons. The van der Waals surface area contributed by atoms with Crippen molar-refractivity contribution in [2.45, 2.75) is 85.3 Å². The highest BCUT2D eigenvalue weighted by Crippen LogP contribution is 2.55. The highest BCUT2D eigenvalue weighted by molar-refractivity contribution is 6.09. The Morgan fingerprint density at radius 3 is 2.59 bits per heavy atom. The molecule has 4 nitrogen and oxygen atoms in total. The average molecular weight is 402 g/mol. The molecule has 162 valence electrons. The summed E-state index contributed by atoms with van der Waals surface area (Å²) in [5.41, 5.74) is 1.59. The van der Waals surface area contributed by atoms with Gasteiger partial charge in [-0.15, -0.1) is 0 Å². The van der Waals surface area contributed by atoms with Crippen molar-refractivity contribution in [1.82, 2.24) is 5.32 Å². The number of amides is 1. The minimum atomic E-state index is -0.999. The summed E-state index contributed by atoms with van der Waals surface area (Å²) in [5.74, 6) is 0.527. The van der Waals surface area contributed by atoms with E-state index in [2.05, 4.69) is 52.1 Å². The molecule has 1 aliphatic heterocycles. The number of hydrogen-bond acceptors (Lipinski definition) is 3. The lowest BCUT2D eigenvalue weighted by Gasteiger charge is -2.45. The van der Waals surface area contributed by atoms with Gasteiger partial charge in [-0.1, -0.05) is 50.5 Å². The zero-order chi connectivity index (χ0) is 21.3. The molecule has 0 aromatic rings. The van der Waals surface area contributed by atoms with Crippen LogP contribution in [0.5, 0.6) is 0 Å². The van der Waals surface area contributed by atoms with Crippen LogP contribution in [0.2, 0.25) is 0 Å². The van der Waals surface area contributed by atoms with E-state index in [-0.39, 0.29) is 41.6 Å². The second-order valence-corrected chi connectivity index (χ2v) is 10.1. The highest BCUT2D eigenvalue weighted by Gasteiger charge is 2.65. The number of carbonyl (C=O) groups is 2. The van der Waals surface area contributed by atoms with Crippen LogP contribution in [0.25, 0.3) is 0 Å². The monoisotopic (exact) mass is 401 g/mol. The predicted octanol–water partition coefficient (Wildman–Crippen LogP) is 4.84. The van der Waals surface area contributed by atoms with E-state index >= 15 is 0 Å². The summed E-state index contributed by atoms with van der Waals surface area (Å²) in [4.78, 5) is 27.6. The number of rotatable bonds is 3. The third-order valence-corrected chi connectivity index (χ3v) is 7.62. The van der Waals surface area contributed by atoms with E-state index in [9.17, 15) is 9.59 Å². The molecule has 0 unspecified atom stereocenters. The zero-order valence-corrected chi connectivity index (χ0v) is 19.1. The van der Waals surface area contributed by atoms with Crippen molar-refractivity contribution in [3.8, 4) is 0 Å². The molecule has 1 spiro atoms. The fraction of sp³-hybridized carbons (Fsp3) is 0.760. The average Bonchev–Trinajstić information content (AvgIpc) is 2.92. The molecule has 3 rings (SSSR count). The Hall–Kier alpha value is -1.42. The lowest BCUT2D eigenvalue weighted by atomic mass is 9.54. The van der Waals surface area contributed by atoms with Gasteiger partial charge in [0, 0.05) is 31.4 Å². The van der Waals surface area contributed by atoms with Gasteiger partial charge in [0.05, 0.1) is 6.10 Å². The molecule has 0 bridgehead atoms. The Labute approximate surface area is 176 Å². The van der Waals surface area contributed by atoms with Gasteiger partial charge in [-0.05, 0) is 51.4 Å². The predicted molar refractivity (Wildman–Crippen MR) is 116 cm³/mol. The third kappa shape index (κ3) is 3.97. The van der Waals surface area contributed by atoms with Crippen LogP contribution in [0, 0.1) is 29.1 Å². The van der Waals surface area contributed by atoms with E-state index < -0.39 is 5.41 Å². The van der Waals surface area contributed by atoms with Gasteiger partial charge in [0.15, 0.2) is 5.78 Å². The van der Waals surface area contributed by atoms with E-state index in [1.165, 1.54) is 11.1 Å². The molecule has 0 aromatic heterocycles. The second kappa shape index (κ2) is 8.75. The van der Waals surface area contributed by atoms with Crippen molar-refractivity contribution in [3.05, 3.63) is 23.3 Å². The molecule has 4 heteroatoms. The maximum absolute atomic E-state index is 14.0. The van der Waals surface area contributed by atoms with E-state index in [0.29, 0.717) is 12.3 Å². The van der Waals surface area contributed by atoms with Crippen LogP contribution in [0.3, 0.4) is 0 Å². The van der Waals surface area contributed by atoms with Crippen LogP contribution in [-0.4, -0.2) is 30.9 Å². The first-order chi connectivity index (χ1) is 13.7. The maximum atomic E-state index is 14.0. The first-order valence-corrected chi connectivity index (χ1v) is 11.4. The fourth-order valence-electron chi connectivity index (χ4n) is 6.05. The molecular weight excluding hydrogens is 362 g/mol. The molecule has 3 aliphatic rings. The molecule has 1 saturated heterocycles. The van der Waals surface area contributed by atoms with Crippen LogP contribution >= 0.6 is 0 Å². The van der Waals surface area contributed by atoms with Crippen LogP contribution < -0.4 is 5.32 Å². The molecule has 6 atom stereocenters. The minimum Gasteiger partial charge on any atom is -0.381 e. The first-order valence-electron chi connectivity index (χ1n) is 11.4. The number of Topliss-reactive ketones (excluding diaryl/α,β-unsaturated/α-hetero) is 1. The van der Waals surface area contributed by atoms with Crippen LogP contribution in [0.15, 0.2) is 23.3 Å². The number of ketones is 1. The number of ether oxygens (including phenoxy) is 1. The van der Waals surface area contributed by atoms with Gasteiger partial charge in [-0.2, -0.15) is 0 Å². The van der Waals surface area contributed by atoms with Crippen LogP contribution in [0.1, 0.15) is 73.1 Å². The van der Waals surface area contributed by atoms with Gasteiger partial charge in [0.2, 0.25) is 5.91 Å². The number of methoxy groups -OCH3 is 1. The number of carbonyl (C=O) groups excluding carboxylic acids is 2. The lowest BCUT2D eigenvalue weighted by molar-refractivity contribution is -0.146. The van der Waals surface area contributed by atoms with Crippen molar-refractivity contribution in [2.24, 2.45) is 29.1 Å². The summed E-state index contributed by atoms with van der Waals surface area (Å²) in [6.45, 7) is 10.9. The van der Waals surface area contributed by atoms with Crippen LogP contribution in [-0.2, 0) is 14.3 Å². The summed E-state index contributed by atoms with van der Waals surface area (Å²) < 4.78 is 5.68. The van der Waals surface area contributed by atoms with E-state index in [1.807, 2.05) is 0 Å². The van der Waals surface area contributed by atoms with E-state index in [4.69, 9.17) is 4.74 Å². The Bertz CT molecular complexity index is 707. The van der Waals surface area contributed by atoms with Gasteiger partial charge in [0.1, 0.15) is 5.41 Å². The largest absolute Gasteiger partial charge is 0.381 e. The summed E-state index contributed by atoms with van der Waals surface area (Å²) in [5, 5.41) is 3.28. The van der Waals surface area contributed by atoms with Crippen molar-refractivity contribution in [1.29, 1.82) is 0 Å². The molecule has 0 saturated carbocycles. The van der Waals surface area contributed by atoms with Crippen molar-refractivity contribution in [2.75, 3.05) is 7.11 Å². The Balaban J connectivity index is 2.16. The number of hydrogen-bond donors (Lipinski definition) is 1. The molecule has 1 N–H and O–H groups in total. The molecule has 1 heterocycles. The van der Waals surface area contributed by atoms with Gasteiger partial charge in [0.25, 0.3) is 0 Å². The SMILES string of the molecule is CO[C@H]1CCCC/C(C)=C/[C@H]2C=C(C)[C@H](C)[C@@H]3[C@H](CC(C)C)NC(=O)[C@]32C(=O)C1. The Morgan fingerprint density at radius 1 is 1.21 bits per heavy atom. The molecular formula is C25H39NO3. The minimum absolute atomic E-state index is 0.00205. The molecule has 1 amide bonds. The van der Waals surface area contributed by atoms with Gasteiger partial charge in [-0.3, -0.25) is 9.59 Å². The first kappa shape index (κ1) is 22.3. The third-order valence-electron chi connectivity index (χ3n) is 7.62. The van der Waals surface area contributed by atoms with Crippen molar-refractivity contribution in [3.63, 3.8) is 0 Å². The molecule has 29 heavy (non-hydrogen) atoms.